The van der Waals surface area contributed by atoms with Crippen molar-refractivity contribution in [2.75, 3.05) is 0 Å². The van der Waals surface area contributed by atoms with Crippen LogP contribution in [0, 0.1) is 6.92 Å². The first kappa shape index (κ1) is 8.29. The SMILES string of the molecule is Cc1[nH]nc2c1[C@@H](C(=O)O)CCC2. The first-order chi connectivity index (χ1) is 6.20. The highest BCUT2D eigenvalue weighted by atomic mass is 16.4. The van der Waals surface area contributed by atoms with Crippen molar-refractivity contribution in [2.24, 2.45) is 0 Å². The summed E-state index contributed by atoms with van der Waals surface area (Å²) in [6, 6.07) is 0. The molecule has 0 radical (unpaired) electrons. The number of nitrogens with zero attached hydrogens (tertiary/aromatic N) is 1. The summed E-state index contributed by atoms with van der Waals surface area (Å²) in [6.07, 6.45) is 2.57. The van der Waals surface area contributed by atoms with Gasteiger partial charge in [-0.15, -0.1) is 0 Å². The minimum absolute atomic E-state index is 0.345. The van der Waals surface area contributed by atoms with Gasteiger partial charge >= 0.3 is 5.97 Å². The van der Waals surface area contributed by atoms with Gasteiger partial charge in [0.1, 0.15) is 0 Å². The van der Waals surface area contributed by atoms with Crippen LogP contribution >= 0.6 is 0 Å². The Morgan fingerprint density at radius 2 is 2.46 bits per heavy atom. The first-order valence-corrected chi connectivity index (χ1v) is 4.46. The molecule has 4 heteroatoms. The number of aliphatic carboxylic acids is 1. The molecule has 1 atom stereocenters. The lowest BCUT2D eigenvalue weighted by molar-refractivity contribution is -0.139. The predicted molar refractivity (Wildman–Crippen MR) is 46.6 cm³/mol. The molecule has 1 aromatic rings. The van der Waals surface area contributed by atoms with Gasteiger partial charge < -0.3 is 5.11 Å². The molecule has 2 N–H and O–H groups in total. The maximum Gasteiger partial charge on any atom is 0.311 e. The fourth-order valence-electron chi connectivity index (χ4n) is 2.01. The molecule has 1 aliphatic carbocycles. The number of carbonyl (C=O) groups is 1. The first-order valence-electron chi connectivity index (χ1n) is 4.46. The quantitative estimate of drug-likeness (QED) is 0.683. The van der Waals surface area contributed by atoms with Crippen molar-refractivity contribution in [3.05, 3.63) is 17.0 Å². The number of fused-ring (bicyclic) bond motifs is 1. The van der Waals surface area contributed by atoms with Gasteiger partial charge in [0.25, 0.3) is 0 Å². The Balaban J connectivity index is 2.46. The third-order valence-electron chi connectivity index (χ3n) is 2.63. The van der Waals surface area contributed by atoms with E-state index in [-0.39, 0.29) is 5.92 Å². The van der Waals surface area contributed by atoms with Gasteiger partial charge in [-0.3, -0.25) is 9.89 Å². The monoisotopic (exact) mass is 180 g/mol. The van der Waals surface area contributed by atoms with E-state index in [0.29, 0.717) is 0 Å². The van der Waals surface area contributed by atoms with Crippen LogP contribution in [0.3, 0.4) is 0 Å². The standard InChI is InChI=1S/C9H12N2O2/c1-5-8-6(9(12)13)3-2-4-7(8)11-10-5/h6H,2-4H2,1H3,(H,10,11)(H,12,13)/t6-/m0/s1. The summed E-state index contributed by atoms with van der Waals surface area (Å²) in [4.78, 5) is 10.9. The number of carboxylic acids is 1. The number of nitrogens with one attached hydrogen (secondary N) is 1. The topological polar surface area (TPSA) is 66.0 Å². The number of rotatable bonds is 1. The molecule has 0 spiro atoms. The molecule has 13 heavy (non-hydrogen) atoms. The van der Waals surface area contributed by atoms with Crippen LogP contribution in [0.25, 0.3) is 0 Å². The van der Waals surface area contributed by atoms with E-state index in [1.54, 1.807) is 0 Å². The van der Waals surface area contributed by atoms with Crippen LogP contribution in [0.15, 0.2) is 0 Å². The predicted octanol–water partition coefficient (Wildman–Crippen LogP) is 1.22. The summed E-state index contributed by atoms with van der Waals surface area (Å²) in [7, 11) is 0. The second kappa shape index (κ2) is 2.87. The van der Waals surface area contributed by atoms with E-state index in [1.165, 1.54) is 0 Å². The van der Waals surface area contributed by atoms with Crippen LogP contribution in [0.1, 0.15) is 35.7 Å². The van der Waals surface area contributed by atoms with Crippen molar-refractivity contribution in [1.82, 2.24) is 10.2 Å². The Labute approximate surface area is 76.0 Å². The zero-order valence-corrected chi connectivity index (χ0v) is 7.50. The van der Waals surface area contributed by atoms with Gasteiger partial charge in [-0.2, -0.15) is 5.10 Å². The number of H-pyrrole nitrogens is 1. The normalized spacial score (nSPS) is 21.2. The number of hydrogen-bond donors (Lipinski definition) is 2. The smallest absolute Gasteiger partial charge is 0.311 e. The highest BCUT2D eigenvalue weighted by Gasteiger charge is 2.29. The summed E-state index contributed by atoms with van der Waals surface area (Å²) in [6.45, 7) is 1.88. The zero-order valence-electron chi connectivity index (χ0n) is 7.50. The Morgan fingerprint density at radius 3 is 3.15 bits per heavy atom. The van der Waals surface area contributed by atoms with Gasteiger partial charge in [0, 0.05) is 11.3 Å². The minimum atomic E-state index is -0.731. The number of aromatic amines is 1. The molecule has 1 aromatic heterocycles. The Morgan fingerprint density at radius 1 is 1.69 bits per heavy atom. The second-order valence-corrected chi connectivity index (χ2v) is 3.49. The van der Waals surface area contributed by atoms with Gasteiger partial charge in [0.05, 0.1) is 11.6 Å². The van der Waals surface area contributed by atoms with E-state index in [0.717, 1.165) is 36.2 Å². The molecular formula is C9H12N2O2. The summed E-state index contributed by atoms with van der Waals surface area (Å²) in [5.74, 6) is -1.08. The fraction of sp³-hybridized carbons (Fsp3) is 0.556. The highest BCUT2D eigenvalue weighted by Crippen LogP contribution is 2.32. The largest absolute Gasteiger partial charge is 0.481 e. The lowest BCUT2D eigenvalue weighted by Crippen LogP contribution is -2.17. The summed E-state index contributed by atoms with van der Waals surface area (Å²) >= 11 is 0. The minimum Gasteiger partial charge on any atom is -0.481 e. The maximum absolute atomic E-state index is 10.9. The van der Waals surface area contributed by atoms with Gasteiger partial charge in [-0.25, -0.2) is 0 Å². The average molecular weight is 180 g/mol. The van der Waals surface area contributed by atoms with Gasteiger partial charge in [-0.05, 0) is 26.2 Å². The van der Waals surface area contributed by atoms with E-state index in [1.807, 2.05) is 6.92 Å². The van der Waals surface area contributed by atoms with E-state index in [4.69, 9.17) is 5.11 Å². The van der Waals surface area contributed by atoms with E-state index in [9.17, 15) is 4.79 Å². The Hall–Kier alpha value is -1.32. The molecule has 0 aromatic carbocycles. The molecular weight excluding hydrogens is 168 g/mol. The zero-order chi connectivity index (χ0) is 9.42. The van der Waals surface area contributed by atoms with Crippen LogP contribution in [0.5, 0.6) is 0 Å². The molecule has 0 bridgehead atoms. The van der Waals surface area contributed by atoms with Crippen molar-refractivity contribution >= 4 is 5.97 Å². The maximum atomic E-state index is 10.9. The second-order valence-electron chi connectivity index (χ2n) is 3.49. The fourth-order valence-corrected chi connectivity index (χ4v) is 2.01. The third kappa shape index (κ3) is 1.22. The molecule has 0 fully saturated rings. The molecule has 0 saturated carbocycles. The van der Waals surface area contributed by atoms with Gasteiger partial charge in [-0.1, -0.05) is 0 Å². The number of carboxylic acid groups (broad SMARTS) is 1. The number of aromatic nitrogens is 2. The lowest BCUT2D eigenvalue weighted by Gasteiger charge is -2.18. The van der Waals surface area contributed by atoms with Gasteiger partial charge in [0.15, 0.2) is 0 Å². The Bertz CT molecular complexity index is 343. The molecule has 70 valence electrons. The van der Waals surface area contributed by atoms with Crippen LogP contribution < -0.4 is 0 Å². The van der Waals surface area contributed by atoms with Crippen LogP contribution in [-0.2, 0) is 11.2 Å². The van der Waals surface area contributed by atoms with Crippen LogP contribution in [0.4, 0.5) is 0 Å². The van der Waals surface area contributed by atoms with Gasteiger partial charge in [0.2, 0.25) is 0 Å². The van der Waals surface area contributed by atoms with Crippen LogP contribution in [0.2, 0.25) is 0 Å². The molecule has 4 nitrogen and oxygen atoms in total. The van der Waals surface area contributed by atoms with Crippen molar-refractivity contribution in [3.63, 3.8) is 0 Å². The summed E-state index contributed by atoms with van der Waals surface area (Å²) in [5.41, 5.74) is 2.76. The van der Waals surface area contributed by atoms with Crippen molar-refractivity contribution in [1.29, 1.82) is 0 Å². The molecule has 1 heterocycles. The molecule has 0 saturated heterocycles. The number of aryl methyl sites for hydroxylation is 2. The average Bonchev–Trinajstić information content (AvgIpc) is 2.48. The Kier molecular flexibility index (Phi) is 1.83. The van der Waals surface area contributed by atoms with E-state index < -0.39 is 5.97 Å². The van der Waals surface area contributed by atoms with Crippen molar-refractivity contribution in [2.45, 2.75) is 32.1 Å². The highest BCUT2D eigenvalue weighted by molar-refractivity contribution is 5.77. The van der Waals surface area contributed by atoms with E-state index >= 15 is 0 Å². The number of hydrogen-bond acceptors (Lipinski definition) is 2. The lowest BCUT2D eigenvalue weighted by atomic mass is 9.85. The molecule has 1 aliphatic rings. The molecule has 0 aliphatic heterocycles. The van der Waals surface area contributed by atoms with Crippen LogP contribution in [-0.4, -0.2) is 21.3 Å². The third-order valence-corrected chi connectivity index (χ3v) is 2.63. The summed E-state index contributed by atoms with van der Waals surface area (Å²) in [5, 5.41) is 15.9. The molecule has 0 unspecified atom stereocenters. The summed E-state index contributed by atoms with van der Waals surface area (Å²) < 4.78 is 0. The van der Waals surface area contributed by atoms with E-state index in [2.05, 4.69) is 10.2 Å². The molecule has 0 amide bonds. The van der Waals surface area contributed by atoms with Crippen molar-refractivity contribution < 1.29 is 9.90 Å². The van der Waals surface area contributed by atoms with Crippen molar-refractivity contribution in [3.8, 4) is 0 Å². The molecule has 2 rings (SSSR count).